The number of nitrogens with one attached hydrogen (secondary N) is 1. The Morgan fingerprint density at radius 1 is 1.28 bits per heavy atom. The SMILES string of the molecule is CCc1nc(NCc2ccc(O)c(O)c2)nc2sc(C(N)=O)c(N)c12. The highest BCUT2D eigenvalue weighted by atomic mass is 32.1. The lowest BCUT2D eigenvalue weighted by Gasteiger charge is -2.08. The van der Waals surface area contributed by atoms with Crippen LogP contribution in [0.15, 0.2) is 18.2 Å². The Kier molecular flexibility index (Phi) is 4.32. The number of amides is 1. The number of carbonyl (C=O) groups excluding carboxylic acids is 1. The summed E-state index contributed by atoms with van der Waals surface area (Å²) in [6.07, 6.45) is 0.618. The first-order chi connectivity index (χ1) is 11.9. The van der Waals surface area contributed by atoms with Crippen LogP contribution in [0.1, 0.15) is 27.9 Å². The third-order valence-corrected chi connectivity index (χ3v) is 4.83. The Bertz CT molecular complexity index is 970. The summed E-state index contributed by atoms with van der Waals surface area (Å²) < 4.78 is 0. The van der Waals surface area contributed by atoms with Crippen LogP contribution in [-0.2, 0) is 13.0 Å². The van der Waals surface area contributed by atoms with Crippen molar-refractivity contribution in [3.63, 3.8) is 0 Å². The molecule has 0 saturated carbocycles. The van der Waals surface area contributed by atoms with Gasteiger partial charge in [-0.15, -0.1) is 11.3 Å². The number of hydrogen-bond donors (Lipinski definition) is 5. The summed E-state index contributed by atoms with van der Waals surface area (Å²) in [4.78, 5) is 21.2. The minimum absolute atomic E-state index is 0.178. The van der Waals surface area contributed by atoms with E-state index in [-0.39, 0.29) is 16.4 Å². The summed E-state index contributed by atoms with van der Waals surface area (Å²) >= 11 is 1.14. The lowest BCUT2D eigenvalue weighted by Crippen LogP contribution is -2.10. The third-order valence-electron chi connectivity index (χ3n) is 3.71. The highest BCUT2D eigenvalue weighted by Gasteiger charge is 2.19. The van der Waals surface area contributed by atoms with Gasteiger partial charge in [-0.1, -0.05) is 13.0 Å². The van der Waals surface area contributed by atoms with E-state index < -0.39 is 5.91 Å². The van der Waals surface area contributed by atoms with E-state index in [1.165, 1.54) is 12.1 Å². The van der Waals surface area contributed by atoms with Gasteiger partial charge in [-0.2, -0.15) is 0 Å². The maximum Gasteiger partial charge on any atom is 0.260 e. The number of rotatable bonds is 5. The Morgan fingerprint density at radius 2 is 2.04 bits per heavy atom. The maximum atomic E-state index is 11.5. The van der Waals surface area contributed by atoms with Crippen LogP contribution in [-0.4, -0.2) is 26.1 Å². The van der Waals surface area contributed by atoms with Gasteiger partial charge >= 0.3 is 0 Å². The van der Waals surface area contributed by atoms with Crippen molar-refractivity contribution >= 4 is 39.1 Å². The molecule has 1 aromatic carbocycles. The molecule has 0 unspecified atom stereocenters. The Morgan fingerprint density at radius 3 is 2.68 bits per heavy atom. The smallest absolute Gasteiger partial charge is 0.260 e. The van der Waals surface area contributed by atoms with E-state index in [0.717, 1.165) is 22.6 Å². The van der Waals surface area contributed by atoms with Crippen LogP contribution in [0.5, 0.6) is 11.5 Å². The first-order valence-electron chi connectivity index (χ1n) is 7.54. The molecular weight excluding hydrogens is 342 g/mol. The summed E-state index contributed by atoms with van der Waals surface area (Å²) in [6, 6.07) is 4.54. The van der Waals surface area contributed by atoms with Crippen molar-refractivity contribution in [1.29, 1.82) is 0 Å². The average Bonchev–Trinajstić information content (AvgIpc) is 2.92. The van der Waals surface area contributed by atoms with E-state index in [1.54, 1.807) is 6.07 Å². The normalized spacial score (nSPS) is 10.9. The number of hydrogen-bond acceptors (Lipinski definition) is 8. The van der Waals surface area contributed by atoms with Crippen molar-refractivity contribution in [2.75, 3.05) is 11.1 Å². The highest BCUT2D eigenvalue weighted by Crippen LogP contribution is 2.35. The maximum absolute atomic E-state index is 11.5. The number of aromatic hydroxyl groups is 2. The van der Waals surface area contributed by atoms with Crippen LogP contribution in [0, 0.1) is 0 Å². The zero-order chi connectivity index (χ0) is 18.1. The fourth-order valence-electron chi connectivity index (χ4n) is 2.47. The van der Waals surface area contributed by atoms with E-state index in [0.29, 0.717) is 34.8 Å². The van der Waals surface area contributed by atoms with Gasteiger partial charge in [0.1, 0.15) is 9.71 Å². The lowest BCUT2D eigenvalue weighted by molar-refractivity contribution is 0.100. The third kappa shape index (κ3) is 3.13. The van der Waals surface area contributed by atoms with E-state index in [2.05, 4.69) is 15.3 Å². The van der Waals surface area contributed by atoms with E-state index in [4.69, 9.17) is 11.5 Å². The summed E-state index contributed by atoms with van der Waals surface area (Å²) in [6.45, 7) is 2.29. The van der Waals surface area contributed by atoms with E-state index >= 15 is 0 Å². The standard InChI is InChI=1S/C16H17N5O3S/c1-2-8-11-12(17)13(14(18)24)25-15(11)21-16(20-8)19-6-7-3-4-9(22)10(23)5-7/h3-5,22-23H,2,6,17H2,1H3,(H2,18,24)(H,19,20,21). The zero-order valence-corrected chi connectivity index (χ0v) is 14.2. The molecule has 0 spiro atoms. The molecule has 0 aliphatic rings. The molecule has 0 fully saturated rings. The number of thiophene rings is 1. The molecule has 0 aliphatic heterocycles. The second-order valence-electron chi connectivity index (χ2n) is 5.41. The molecule has 7 N–H and O–H groups in total. The molecule has 25 heavy (non-hydrogen) atoms. The van der Waals surface area contributed by atoms with Crippen molar-refractivity contribution in [1.82, 2.24) is 9.97 Å². The number of carbonyl (C=O) groups is 1. The number of phenolic OH excluding ortho intramolecular Hbond substituents is 2. The summed E-state index contributed by atoms with van der Waals surface area (Å²) in [7, 11) is 0. The number of aryl methyl sites for hydroxylation is 1. The second-order valence-corrected chi connectivity index (χ2v) is 6.41. The topological polar surface area (TPSA) is 147 Å². The molecule has 0 bridgehead atoms. The van der Waals surface area contributed by atoms with E-state index in [1.807, 2.05) is 6.92 Å². The Hall–Kier alpha value is -3.07. The molecular formula is C16H17N5O3S. The molecule has 3 rings (SSSR count). The molecule has 9 heteroatoms. The number of nitrogens with two attached hydrogens (primary N) is 2. The largest absolute Gasteiger partial charge is 0.504 e. The van der Waals surface area contributed by atoms with Gasteiger partial charge in [0, 0.05) is 6.54 Å². The van der Waals surface area contributed by atoms with Crippen LogP contribution >= 0.6 is 11.3 Å². The molecule has 0 atom stereocenters. The van der Waals surface area contributed by atoms with Gasteiger partial charge in [-0.05, 0) is 24.1 Å². The van der Waals surface area contributed by atoms with Gasteiger partial charge in [-0.3, -0.25) is 4.79 Å². The number of primary amides is 1. The van der Waals surface area contributed by atoms with Gasteiger partial charge in [0.15, 0.2) is 11.5 Å². The average molecular weight is 359 g/mol. The molecule has 2 heterocycles. The van der Waals surface area contributed by atoms with Crippen molar-refractivity contribution in [2.45, 2.75) is 19.9 Å². The van der Waals surface area contributed by atoms with E-state index in [9.17, 15) is 15.0 Å². The van der Waals surface area contributed by atoms with Crippen LogP contribution < -0.4 is 16.8 Å². The van der Waals surface area contributed by atoms with Gasteiger partial charge < -0.3 is 27.0 Å². The first-order valence-corrected chi connectivity index (χ1v) is 8.35. The van der Waals surface area contributed by atoms with Crippen molar-refractivity contribution in [3.05, 3.63) is 34.3 Å². The minimum atomic E-state index is -0.586. The number of fused-ring (bicyclic) bond motifs is 1. The molecule has 0 radical (unpaired) electrons. The fraction of sp³-hybridized carbons (Fsp3) is 0.188. The van der Waals surface area contributed by atoms with Crippen molar-refractivity contribution in [3.8, 4) is 11.5 Å². The van der Waals surface area contributed by atoms with Crippen LogP contribution in [0.4, 0.5) is 11.6 Å². The van der Waals surface area contributed by atoms with Crippen molar-refractivity contribution < 1.29 is 15.0 Å². The quantitative estimate of drug-likeness (QED) is 0.437. The summed E-state index contributed by atoms with van der Waals surface area (Å²) in [5, 5.41) is 22.6. The summed E-state index contributed by atoms with van der Waals surface area (Å²) in [5.41, 5.74) is 13.2. The second kappa shape index (κ2) is 6.44. The molecule has 0 aliphatic carbocycles. The predicted molar refractivity (Wildman–Crippen MR) is 96.8 cm³/mol. The minimum Gasteiger partial charge on any atom is -0.504 e. The van der Waals surface area contributed by atoms with Gasteiger partial charge in [-0.25, -0.2) is 9.97 Å². The number of nitrogen functional groups attached to an aromatic ring is 1. The highest BCUT2D eigenvalue weighted by molar-refractivity contribution is 7.21. The molecule has 3 aromatic rings. The van der Waals surface area contributed by atoms with Gasteiger partial charge in [0.25, 0.3) is 5.91 Å². The Labute approximate surface area is 147 Å². The predicted octanol–water partition coefficient (Wildman–Crippen LogP) is 1.96. The van der Waals surface area contributed by atoms with Crippen LogP contribution in [0.2, 0.25) is 0 Å². The van der Waals surface area contributed by atoms with Gasteiger partial charge in [0.2, 0.25) is 5.95 Å². The molecule has 1 amide bonds. The monoisotopic (exact) mass is 359 g/mol. The number of phenols is 2. The number of aromatic nitrogens is 2. The van der Waals surface area contributed by atoms with Crippen LogP contribution in [0.3, 0.4) is 0 Å². The summed E-state index contributed by atoms with van der Waals surface area (Å²) in [5.74, 6) is -0.574. The molecule has 130 valence electrons. The van der Waals surface area contributed by atoms with Crippen molar-refractivity contribution in [2.24, 2.45) is 5.73 Å². The van der Waals surface area contributed by atoms with Gasteiger partial charge in [0.05, 0.1) is 16.8 Å². The molecule has 2 aromatic heterocycles. The lowest BCUT2D eigenvalue weighted by atomic mass is 10.2. The number of nitrogens with zero attached hydrogens (tertiary/aromatic N) is 2. The zero-order valence-electron chi connectivity index (χ0n) is 13.4. The number of benzene rings is 1. The molecule has 8 nitrogen and oxygen atoms in total. The van der Waals surface area contributed by atoms with Crippen LogP contribution in [0.25, 0.3) is 10.2 Å². The molecule has 0 saturated heterocycles. The Balaban J connectivity index is 1.94. The fourth-order valence-corrected chi connectivity index (χ4v) is 3.44. The number of anilines is 2. The first kappa shape index (κ1) is 16.8.